The Morgan fingerprint density at radius 3 is 3.04 bits per heavy atom. The Balaban J connectivity index is 1.82. The van der Waals surface area contributed by atoms with Gasteiger partial charge >= 0.3 is 10.1 Å². The first kappa shape index (κ1) is 17.3. The minimum Gasteiger partial charge on any atom is -0.377 e. The van der Waals surface area contributed by atoms with E-state index in [1.54, 1.807) is 17.6 Å². The molecule has 26 heavy (non-hydrogen) atoms. The van der Waals surface area contributed by atoms with Gasteiger partial charge < -0.3 is 15.2 Å². The largest absolute Gasteiger partial charge is 0.377 e. The Bertz CT molecular complexity index is 1120. The van der Waals surface area contributed by atoms with Gasteiger partial charge in [0.15, 0.2) is 10.1 Å². The monoisotopic (exact) mass is 412 g/mol. The number of hydrogen-bond acceptors (Lipinski definition) is 7. The molecule has 3 heterocycles. The standard InChI is InChI=1S/C15H13ClN4O4S2/c16-12-14(20-6-7-25-15(20)19-12)26(22,23)24-9-3-1-2-8-4-5-18-11(10(8)9)13(17)21/h1-3,6-7,11,18H,4-5H2,(H2,17,21). The van der Waals surface area contributed by atoms with Gasteiger partial charge in [-0.2, -0.15) is 8.42 Å². The van der Waals surface area contributed by atoms with Crippen LogP contribution in [-0.2, 0) is 21.3 Å². The Labute approximate surface area is 157 Å². The molecule has 11 heteroatoms. The lowest BCUT2D eigenvalue weighted by molar-refractivity contribution is -0.120. The second-order valence-electron chi connectivity index (χ2n) is 5.67. The van der Waals surface area contributed by atoms with Gasteiger partial charge in [0.25, 0.3) is 0 Å². The van der Waals surface area contributed by atoms with Crippen LogP contribution in [-0.4, -0.2) is 30.3 Å². The molecule has 3 N–H and O–H groups in total. The molecule has 0 saturated carbocycles. The zero-order chi connectivity index (χ0) is 18.5. The maximum Gasteiger partial charge on any atom is 0.358 e. The Kier molecular flexibility index (Phi) is 4.14. The molecule has 2 aromatic heterocycles. The number of imidazole rings is 1. The maximum atomic E-state index is 12.9. The number of nitrogens with two attached hydrogens (primary N) is 1. The van der Waals surface area contributed by atoms with E-state index >= 15 is 0 Å². The highest BCUT2D eigenvalue weighted by Gasteiger charge is 2.32. The van der Waals surface area contributed by atoms with Crippen LogP contribution < -0.4 is 15.2 Å². The molecule has 0 bridgehead atoms. The van der Waals surface area contributed by atoms with Crippen LogP contribution in [0.25, 0.3) is 4.96 Å². The number of carbonyl (C=O) groups excluding carboxylic acids is 1. The highest BCUT2D eigenvalue weighted by Crippen LogP contribution is 2.35. The van der Waals surface area contributed by atoms with Crippen LogP contribution in [0.4, 0.5) is 0 Å². The van der Waals surface area contributed by atoms with Gasteiger partial charge in [0.1, 0.15) is 11.8 Å². The van der Waals surface area contributed by atoms with Crippen molar-refractivity contribution in [3.63, 3.8) is 0 Å². The molecule has 0 spiro atoms. The van der Waals surface area contributed by atoms with Crippen molar-refractivity contribution >= 4 is 43.9 Å². The van der Waals surface area contributed by atoms with Gasteiger partial charge in [0, 0.05) is 23.7 Å². The molecule has 1 atom stereocenters. The number of nitrogens with zero attached hydrogens (tertiary/aromatic N) is 2. The van der Waals surface area contributed by atoms with E-state index in [4.69, 9.17) is 21.5 Å². The molecular weight excluding hydrogens is 400 g/mol. The van der Waals surface area contributed by atoms with Crippen molar-refractivity contribution in [1.29, 1.82) is 0 Å². The molecule has 4 rings (SSSR count). The molecule has 8 nitrogen and oxygen atoms in total. The number of hydrogen-bond donors (Lipinski definition) is 2. The van der Waals surface area contributed by atoms with Crippen molar-refractivity contribution < 1.29 is 17.4 Å². The van der Waals surface area contributed by atoms with Crippen LogP contribution in [0.3, 0.4) is 0 Å². The second kappa shape index (κ2) is 6.23. The Hall–Kier alpha value is -2.14. The summed E-state index contributed by atoms with van der Waals surface area (Å²) in [5.74, 6) is -0.568. The van der Waals surface area contributed by atoms with Gasteiger partial charge in [-0.1, -0.05) is 23.7 Å². The minimum absolute atomic E-state index is 0.0414. The summed E-state index contributed by atoms with van der Waals surface area (Å²) in [5.41, 5.74) is 6.69. The first-order valence-corrected chi connectivity index (χ1v) is 10.2. The molecule has 1 amide bonds. The van der Waals surface area contributed by atoms with Crippen LogP contribution >= 0.6 is 22.9 Å². The van der Waals surface area contributed by atoms with Crippen molar-refractivity contribution in [3.05, 3.63) is 46.1 Å². The van der Waals surface area contributed by atoms with E-state index in [1.165, 1.54) is 21.8 Å². The average Bonchev–Trinajstić information content (AvgIpc) is 3.13. The number of carbonyl (C=O) groups is 1. The number of rotatable bonds is 4. The van der Waals surface area contributed by atoms with E-state index in [0.29, 0.717) is 23.5 Å². The number of amides is 1. The van der Waals surface area contributed by atoms with E-state index in [0.717, 1.165) is 5.56 Å². The zero-order valence-electron chi connectivity index (χ0n) is 13.2. The highest BCUT2D eigenvalue weighted by atomic mass is 35.5. The van der Waals surface area contributed by atoms with Gasteiger partial charge in [-0.05, 0) is 18.1 Å². The maximum absolute atomic E-state index is 12.9. The summed E-state index contributed by atoms with van der Waals surface area (Å²) >= 11 is 7.26. The third-order valence-electron chi connectivity index (χ3n) is 4.09. The zero-order valence-corrected chi connectivity index (χ0v) is 15.6. The molecule has 1 aromatic carbocycles. The smallest absolute Gasteiger partial charge is 0.358 e. The SMILES string of the molecule is NC(=O)C1NCCc2cccc(OS(=O)(=O)c3c(Cl)nc4sccn34)c21. The fourth-order valence-electron chi connectivity index (χ4n) is 3.02. The summed E-state index contributed by atoms with van der Waals surface area (Å²) in [6.07, 6.45) is 2.17. The number of fused-ring (bicyclic) bond motifs is 2. The van der Waals surface area contributed by atoms with Crippen molar-refractivity contribution in [2.24, 2.45) is 5.73 Å². The van der Waals surface area contributed by atoms with E-state index in [2.05, 4.69) is 10.3 Å². The summed E-state index contributed by atoms with van der Waals surface area (Å²) in [6, 6.07) is 4.14. The van der Waals surface area contributed by atoms with Crippen LogP contribution in [0.15, 0.2) is 34.8 Å². The van der Waals surface area contributed by atoms with Crippen LogP contribution in [0, 0.1) is 0 Å². The predicted molar refractivity (Wildman–Crippen MR) is 96.0 cm³/mol. The van der Waals surface area contributed by atoms with Gasteiger partial charge in [0.2, 0.25) is 10.9 Å². The van der Waals surface area contributed by atoms with Gasteiger partial charge in [-0.15, -0.1) is 11.3 Å². The van der Waals surface area contributed by atoms with Gasteiger partial charge in [-0.3, -0.25) is 9.20 Å². The first-order chi connectivity index (χ1) is 12.4. The number of nitrogens with one attached hydrogen (secondary N) is 1. The molecular formula is C15H13ClN4O4S2. The summed E-state index contributed by atoms with van der Waals surface area (Å²) in [5, 5.41) is 4.24. The predicted octanol–water partition coefficient (Wildman–Crippen LogP) is 1.49. The van der Waals surface area contributed by atoms with Crippen LogP contribution in [0.5, 0.6) is 5.75 Å². The second-order valence-corrected chi connectivity index (χ2v) is 8.36. The molecule has 0 saturated heterocycles. The van der Waals surface area contributed by atoms with Crippen molar-refractivity contribution in [1.82, 2.24) is 14.7 Å². The molecule has 0 aliphatic carbocycles. The molecule has 1 aliphatic heterocycles. The van der Waals surface area contributed by atoms with E-state index in [-0.39, 0.29) is 15.9 Å². The van der Waals surface area contributed by atoms with E-state index in [1.807, 2.05) is 6.07 Å². The average molecular weight is 413 g/mol. The fourth-order valence-corrected chi connectivity index (χ4v) is 5.40. The normalized spacial score (nSPS) is 17.2. The minimum atomic E-state index is -4.28. The third-order valence-corrected chi connectivity index (χ3v) is 6.48. The summed E-state index contributed by atoms with van der Waals surface area (Å²) in [7, 11) is -4.28. The molecule has 0 fully saturated rings. The Morgan fingerprint density at radius 2 is 2.27 bits per heavy atom. The van der Waals surface area contributed by atoms with Crippen LogP contribution in [0.1, 0.15) is 17.2 Å². The highest BCUT2D eigenvalue weighted by molar-refractivity contribution is 7.87. The van der Waals surface area contributed by atoms with Gasteiger partial charge in [-0.25, -0.2) is 4.98 Å². The fraction of sp³-hybridized carbons (Fsp3) is 0.200. The summed E-state index contributed by atoms with van der Waals surface area (Å²) in [6.45, 7) is 0.556. The van der Waals surface area contributed by atoms with Crippen LogP contribution in [0.2, 0.25) is 5.15 Å². The lowest BCUT2D eigenvalue weighted by atomic mass is 9.93. The van der Waals surface area contributed by atoms with Crippen molar-refractivity contribution in [2.45, 2.75) is 17.5 Å². The summed E-state index contributed by atoms with van der Waals surface area (Å²) in [4.78, 5) is 16.2. The molecule has 3 aromatic rings. The molecule has 136 valence electrons. The topological polar surface area (TPSA) is 116 Å². The molecule has 1 unspecified atom stereocenters. The number of thiazole rings is 1. The summed E-state index contributed by atoms with van der Waals surface area (Å²) < 4.78 is 32.4. The lowest BCUT2D eigenvalue weighted by Crippen LogP contribution is -2.39. The number of benzene rings is 1. The molecule has 1 aliphatic rings. The van der Waals surface area contributed by atoms with E-state index in [9.17, 15) is 13.2 Å². The van der Waals surface area contributed by atoms with Gasteiger partial charge in [0.05, 0.1) is 0 Å². The quantitative estimate of drug-likeness (QED) is 0.627. The third kappa shape index (κ3) is 2.75. The Morgan fingerprint density at radius 1 is 1.46 bits per heavy atom. The van der Waals surface area contributed by atoms with Crippen molar-refractivity contribution in [2.75, 3.05) is 6.54 Å². The lowest BCUT2D eigenvalue weighted by Gasteiger charge is -2.26. The molecule has 0 radical (unpaired) electrons. The number of halogens is 1. The van der Waals surface area contributed by atoms with E-state index < -0.39 is 22.1 Å². The van der Waals surface area contributed by atoms with Crippen molar-refractivity contribution in [3.8, 4) is 5.75 Å². The number of aromatic nitrogens is 2. The first-order valence-electron chi connectivity index (χ1n) is 7.58. The number of primary amides is 1.